The lowest BCUT2D eigenvalue weighted by Gasteiger charge is -2.22. The van der Waals surface area contributed by atoms with Gasteiger partial charge in [-0.3, -0.25) is 4.79 Å². The van der Waals surface area contributed by atoms with Crippen molar-refractivity contribution < 1.29 is 14.6 Å². The average Bonchev–Trinajstić information content (AvgIpc) is 2.66. The first-order chi connectivity index (χ1) is 7.66. The van der Waals surface area contributed by atoms with Gasteiger partial charge in [-0.15, -0.1) is 0 Å². The van der Waals surface area contributed by atoms with E-state index in [1.165, 1.54) is 0 Å². The molecule has 1 amide bonds. The molecule has 0 saturated heterocycles. The van der Waals surface area contributed by atoms with Crippen LogP contribution in [0.15, 0.2) is 0 Å². The van der Waals surface area contributed by atoms with Gasteiger partial charge in [-0.05, 0) is 12.8 Å². The quantitative estimate of drug-likeness (QED) is 0.523. The fourth-order valence-electron chi connectivity index (χ4n) is 1.97. The van der Waals surface area contributed by atoms with Gasteiger partial charge in [0.1, 0.15) is 0 Å². The largest absolute Gasteiger partial charge is 0.389 e. The van der Waals surface area contributed by atoms with Crippen molar-refractivity contribution in [3.05, 3.63) is 0 Å². The van der Waals surface area contributed by atoms with Crippen molar-refractivity contribution in [1.29, 1.82) is 0 Å². The van der Waals surface area contributed by atoms with E-state index < -0.39 is 5.60 Å². The Morgan fingerprint density at radius 1 is 1.44 bits per heavy atom. The van der Waals surface area contributed by atoms with Gasteiger partial charge >= 0.3 is 0 Å². The van der Waals surface area contributed by atoms with Crippen LogP contribution in [0.2, 0.25) is 0 Å². The minimum atomic E-state index is -0.590. The van der Waals surface area contributed by atoms with Gasteiger partial charge in [-0.1, -0.05) is 12.8 Å². The number of carbonyl (C=O) groups is 1. The van der Waals surface area contributed by atoms with E-state index >= 15 is 0 Å². The van der Waals surface area contributed by atoms with Crippen molar-refractivity contribution in [3.8, 4) is 0 Å². The molecular formula is C11H22N2O3. The Labute approximate surface area is 96.6 Å². The number of ether oxygens (including phenoxy) is 1. The summed E-state index contributed by atoms with van der Waals surface area (Å²) in [6.07, 6.45) is 3.84. The summed E-state index contributed by atoms with van der Waals surface area (Å²) < 4.78 is 4.82. The molecule has 5 nitrogen and oxygen atoms in total. The minimum Gasteiger partial charge on any atom is -0.389 e. The first-order valence-electron chi connectivity index (χ1n) is 5.85. The number of nitrogens with one attached hydrogen (secondary N) is 2. The maximum absolute atomic E-state index is 11.3. The van der Waals surface area contributed by atoms with Crippen LogP contribution in [0, 0.1) is 0 Å². The molecule has 5 heteroatoms. The molecule has 0 bridgehead atoms. The molecule has 1 aliphatic carbocycles. The second kappa shape index (κ2) is 6.83. The van der Waals surface area contributed by atoms with Gasteiger partial charge in [0.15, 0.2) is 0 Å². The second-order valence-electron chi connectivity index (χ2n) is 4.38. The van der Waals surface area contributed by atoms with Crippen LogP contribution in [0.3, 0.4) is 0 Å². The van der Waals surface area contributed by atoms with Gasteiger partial charge in [-0.25, -0.2) is 0 Å². The molecule has 0 unspecified atom stereocenters. The van der Waals surface area contributed by atoms with E-state index in [0.717, 1.165) is 25.7 Å². The predicted octanol–water partition coefficient (Wildman–Crippen LogP) is -0.356. The number of methoxy groups -OCH3 is 1. The topological polar surface area (TPSA) is 70.6 Å². The van der Waals surface area contributed by atoms with Crippen molar-refractivity contribution in [2.24, 2.45) is 0 Å². The molecule has 94 valence electrons. The number of carbonyl (C=O) groups excluding carboxylic acids is 1. The Morgan fingerprint density at radius 2 is 2.12 bits per heavy atom. The molecule has 0 aromatic carbocycles. The zero-order chi connectivity index (χ0) is 11.9. The summed E-state index contributed by atoms with van der Waals surface area (Å²) in [5.41, 5.74) is -0.590. The summed E-state index contributed by atoms with van der Waals surface area (Å²) >= 11 is 0. The predicted molar refractivity (Wildman–Crippen MR) is 61.2 cm³/mol. The van der Waals surface area contributed by atoms with Gasteiger partial charge < -0.3 is 20.5 Å². The molecule has 0 aromatic heterocycles. The second-order valence-corrected chi connectivity index (χ2v) is 4.38. The molecule has 0 radical (unpaired) electrons. The monoisotopic (exact) mass is 230 g/mol. The van der Waals surface area contributed by atoms with Gasteiger partial charge in [-0.2, -0.15) is 0 Å². The molecule has 1 fully saturated rings. The average molecular weight is 230 g/mol. The van der Waals surface area contributed by atoms with Gasteiger partial charge in [0, 0.05) is 20.2 Å². The molecule has 0 heterocycles. The number of rotatable bonds is 7. The first kappa shape index (κ1) is 13.4. The van der Waals surface area contributed by atoms with Gasteiger partial charge in [0.05, 0.1) is 18.8 Å². The van der Waals surface area contributed by atoms with E-state index in [2.05, 4.69) is 10.6 Å². The lowest BCUT2D eigenvalue weighted by Crippen LogP contribution is -2.43. The first-order valence-corrected chi connectivity index (χ1v) is 5.85. The number of hydrogen-bond acceptors (Lipinski definition) is 4. The van der Waals surface area contributed by atoms with E-state index in [0.29, 0.717) is 19.7 Å². The molecule has 1 saturated carbocycles. The molecule has 0 spiro atoms. The van der Waals surface area contributed by atoms with E-state index in [9.17, 15) is 9.90 Å². The normalized spacial score (nSPS) is 18.6. The van der Waals surface area contributed by atoms with E-state index in [1.807, 2.05) is 0 Å². The molecule has 1 rings (SSSR count). The summed E-state index contributed by atoms with van der Waals surface area (Å²) in [5.74, 6) is -0.0568. The van der Waals surface area contributed by atoms with E-state index in [-0.39, 0.29) is 12.5 Å². The Hall–Kier alpha value is -0.650. The van der Waals surface area contributed by atoms with E-state index in [1.54, 1.807) is 7.11 Å². The van der Waals surface area contributed by atoms with Crippen LogP contribution in [0.4, 0.5) is 0 Å². The van der Waals surface area contributed by atoms with Crippen LogP contribution < -0.4 is 10.6 Å². The highest BCUT2D eigenvalue weighted by Crippen LogP contribution is 2.28. The highest BCUT2D eigenvalue weighted by molar-refractivity contribution is 5.77. The minimum absolute atomic E-state index is 0.0568. The zero-order valence-corrected chi connectivity index (χ0v) is 9.92. The Bertz CT molecular complexity index is 215. The summed E-state index contributed by atoms with van der Waals surface area (Å²) in [4.78, 5) is 11.3. The van der Waals surface area contributed by atoms with Crippen molar-refractivity contribution in [2.75, 3.05) is 33.4 Å². The molecule has 0 aliphatic heterocycles. The van der Waals surface area contributed by atoms with E-state index in [4.69, 9.17) is 4.74 Å². The highest BCUT2D eigenvalue weighted by Gasteiger charge is 2.30. The van der Waals surface area contributed by atoms with Crippen LogP contribution in [0.25, 0.3) is 0 Å². The van der Waals surface area contributed by atoms with Crippen molar-refractivity contribution in [2.45, 2.75) is 31.3 Å². The number of hydrogen-bond donors (Lipinski definition) is 3. The third kappa shape index (κ3) is 4.92. The van der Waals surface area contributed by atoms with Crippen LogP contribution >= 0.6 is 0 Å². The Balaban J connectivity index is 2.03. The van der Waals surface area contributed by atoms with Crippen LogP contribution in [-0.2, 0) is 9.53 Å². The summed E-state index contributed by atoms with van der Waals surface area (Å²) in [7, 11) is 1.60. The molecule has 16 heavy (non-hydrogen) atoms. The fourth-order valence-corrected chi connectivity index (χ4v) is 1.97. The summed E-state index contributed by atoms with van der Waals surface area (Å²) in [5, 5.41) is 15.7. The summed E-state index contributed by atoms with van der Waals surface area (Å²) in [6.45, 7) is 1.81. The third-order valence-corrected chi connectivity index (χ3v) is 2.90. The Kier molecular flexibility index (Phi) is 5.73. The lowest BCUT2D eigenvalue weighted by molar-refractivity contribution is -0.120. The maximum atomic E-state index is 11.3. The number of aliphatic hydroxyl groups is 1. The van der Waals surface area contributed by atoms with Crippen LogP contribution in [-0.4, -0.2) is 50.0 Å². The third-order valence-electron chi connectivity index (χ3n) is 2.90. The Morgan fingerprint density at radius 3 is 2.75 bits per heavy atom. The SMILES string of the molecule is COCCNC(=O)CNCC1(O)CCCC1. The van der Waals surface area contributed by atoms with Gasteiger partial charge in [0.25, 0.3) is 0 Å². The molecule has 0 atom stereocenters. The van der Waals surface area contributed by atoms with Crippen molar-refractivity contribution >= 4 is 5.91 Å². The molecule has 3 N–H and O–H groups in total. The standard InChI is InChI=1S/C11H22N2O3/c1-16-7-6-13-10(14)8-12-9-11(15)4-2-3-5-11/h12,15H,2-9H2,1H3,(H,13,14). The summed E-state index contributed by atoms with van der Waals surface area (Å²) in [6, 6.07) is 0. The number of amides is 1. The van der Waals surface area contributed by atoms with Crippen LogP contribution in [0.1, 0.15) is 25.7 Å². The van der Waals surface area contributed by atoms with Crippen LogP contribution in [0.5, 0.6) is 0 Å². The fraction of sp³-hybridized carbons (Fsp3) is 0.909. The molecule has 1 aliphatic rings. The molecular weight excluding hydrogens is 208 g/mol. The van der Waals surface area contributed by atoms with Crippen molar-refractivity contribution in [1.82, 2.24) is 10.6 Å². The zero-order valence-electron chi connectivity index (χ0n) is 9.92. The smallest absolute Gasteiger partial charge is 0.234 e. The van der Waals surface area contributed by atoms with Gasteiger partial charge in [0.2, 0.25) is 5.91 Å². The van der Waals surface area contributed by atoms with Crippen molar-refractivity contribution in [3.63, 3.8) is 0 Å². The lowest BCUT2D eigenvalue weighted by atomic mass is 10.0. The maximum Gasteiger partial charge on any atom is 0.234 e. The highest BCUT2D eigenvalue weighted by atomic mass is 16.5. The molecule has 0 aromatic rings.